The highest BCUT2D eigenvalue weighted by molar-refractivity contribution is 5.79. The van der Waals surface area contributed by atoms with E-state index in [1.54, 1.807) is 7.05 Å². The standard InChI is InChI=1S/C18H26N6O/c1-19-18(20-7-8-24-9-11-25-12-10-24)22-14-17-21-13-16(23-17)15-5-3-2-4-6-15/h2-6,13H,7-12,14H2,1H3,(H,21,23)(H2,19,20,22). The van der Waals surface area contributed by atoms with Crippen molar-refractivity contribution in [3.05, 3.63) is 42.4 Å². The van der Waals surface area contributed by atoms with E-state index < -0.39 is 0 Å². The van der Waals surface area contributed by atoms with Crippen LogP contribution in [-0.4, -0.2) is 67.3 Å². The molecule has 1 saturated heterocycles. The van der Waals surface area contributed by atoms with Crippen molar-refractivity contribution < 1.29 is 4.74 Å². The molecule has 0 amide bonds. The number of hydrogen-bond acceptors (Lipinski definition) is 4. The molecule has 0 aliphatic carbocycles. The molecular weight excluding hydrogens is 316 g/mol. The van der Waals surface area contributed by atoms with Crippen molar-refractivity contribution in [2.24, 2.45) is 4.99 Å². The van der Waals surface area contributed by atoms with Crippen molar-refractivity contribution >= 4 is 5.96 Å². The van der Waals surface area contributed by atoms with Crippen LogP contribution in [0, 0.1) is 0 Å². The van der Waals surface area contributed by atoms with Crippen LogP contribution < -0.4 is 10.6 Å². The summed E-state index contributed by atoms with van der Waals surface area (Å²) in [5, 5.41) is 6.63. The van der Waals surface area contributed by atoms with Crippen molar-refractivity contribution in [2.75, 3.05) is 46.4 Å². The molecule has 134 valence electrons. The van der Waals surface area contributed by atoms with Crippen LogP contribution in [0.25, 0.3) is 11.3 Å². The quantitative estimate of drug-likeness (QED) is 0.541. The molecule has 0 unspecified atom stereocenters. The van der Waals surface area contributed by atoms with Crippen molar-refractivity contribution in [3.8, 4) is 11.3 Å². The molecule has 2 aromatic rings. The molecule has 1 aromatic carbocycles. The number of hydrogen-bond donors (Lipinski definition) is 3. The Bertz CT molecular complexity index is 663. The lowest BCUT2D eigenvalue weighted by Crippen LogP contribution is -2.44. The van der Waals surface area contributed by atoms with Crippen molar-refractivity contribution in [2.45, 2.75) is 6.54 Å². The van der Waals surface area contributed by atoms with Gasteiger partial charge in [-0.05, 0) is 5.56 Å². The number of ether oxygens (including phenoxy) is 1. The highest BCUT2D eigenvalue weighted by atomic mass is 16.5. The molecule has 25 heavy (non-hydrogen) atoms. The first kappa shape index (κ1) is 17.4. The zero-order chi connectivity index (χ0) is 17.3. The van der Waals surface area contributed by atoms with E-state index in [0.717, 1.165) is 62.4 Å². The number of rotatable bonds is 6. The zero-order valence-electron chi connectivity index (χ0n) is 14.7. The van der Waals surface area contributed by atoms with Gasteiger partial charge in [0.25, 0.3) is 0 Å². The normalized spacial score (nSPS) is 16.0. The zero-order valence-corrected chi connectivity index (χ0v) is 14.7. The summed E-state index contributed by atoms with van der Waals surface area (Å²) in [6.07, 6.45) is 1.86. The first-order valence-electron chi connectivity index (χ1n) is 8.69. The van der Waals surface area contributed by atoms with E-state index in [-0.39, 0.29) is 0 Å². The van der Waals surface area contributed by atoms with Gasteiger partial charge < -0.3 is 20.4 Å². The van der Waals surface area contributed by atoms with Gasteiger partial charge in [-0.25, -0.2) is 4.98 Å². The highest BCUT2D eigenvalue weighted by Gasteiger charge is 2.10. The molecule has 7 nitrogen and oxygen atoms in total. The number of nitrogens with one attached hydrogen (secondary N) is 3. The van der Waals surface area contributed by atoms with Crippen LogP contribution in [0.3, 0.4) is 0 Å². The first-order valence-corrected chi connectivity index (χ1v) is 8.69. The minimum Gasteiger partial charge on any atom is -0.379 e. The fraction of sp³-hybridized carbons (Fsp3) is 0.444. The van der Waals surface area contributed by atoms with E-state index in [9.17, 15) is 0 Å². The van der Waals surface area contributed by atoms with E-state index in [0.29, 0.717) is 6.54 Å². The molecule has 1 aliphatic rings. The van der Waals surface area contributed by atoms with Gasteiger partial charge in [0.1, 0.15) is 5.82 Å². The summed E-state index contributed by atoms with van der Waals surface area (Å²) in [5.41, 5.74) is 2.15. The summed E-state index contributed by atoms with van der Waals surface area (Å²) in [5.74, 6) is 1.67. The molecule has 3 rings (SSSR count). The summed E-state index contributed by atoms with van der Waals surface area (Å²) in [6, 6.07) is 10.2. The van der Waals surface area contributed by atoms with Gasteiger partial charge in [0.05, 0.1) is 31.6 Å². The molecule has 0 atom stereocenters. The summed E-state index contributed by atoms with van der Waals surface area (Å²) < 4.78 is 5.36. The number of aromatic amines is 1. The monoisotopic (exact) mass is 342 g/mol. The Morgan fingerprint density at radius 1 is 1.24 bits per heavy atom. The topological polar surface area (TPSA) is 77.6 Å². The second kappa shape index (κ2) is 9.19. The molecule has 0 saturated carbocycles. The van der Waals surface area contributed by atoms with E-state index in [1.807, 2.05) is 24.4 Å². The Balaban J connectivity index is 1.43. The number of benzene rings is 1. The number of morpholine rings is 1. The van der Waals surface area contributed by atoms with E-state index in [4.69, 9.17) is 4.74 Å². The lowest BCUT2D eigenvalue weighted by atomic mass is 10.2. The Labute approximate surface area is 148 Å². The maximum Gasteiger partial charge on any atom is 0.191 e. The third kappa shape index (κ3) is 5.30. The number of nitrogens with zero attached hydrogens (tertiary/aromatic N) is 3. The first-order chi connectivity index (χ1) is 12.3. The Morgan fingerprint density at radius 2 is 2.04 bits per heavy atom. The van der Waals surface area contributed by atoms with Gasteiger partial charge in [-0.3, -0.25) is 9.89 Å². The number of guanidine groups is 1. The molecular formula is C18H26N6O. The summed E-state index contributed by atoms with van der Waals surface area (Å²) in [7, 11) is 1.78. The maximum absolute atomic E-state index is 5.36. The fourth-order valence-electron chi connectivity index (χ4n) is 2.76. The number of aromatic nitrogens is 2. The largest absolute Gasteiger partial charge is 0.379 e. The third-order valence-corrected chi connectivity index (χ3v) is 4.18. The Hall–Kier alpha value is -2.38. The Kier molecular flexibility index (Phi) is 6.42. The predicted molar refractivity (Wildman–Crippen MR) is 99.5 cm³/mol. The van der Waals surface area contributed by atoms with E-state index >= 15 is 0 Å². The molecule has 3 N–H and O–H groups in total. The lowest BCUT2D eigenvalue weighted by Gasteiger charge is -2.26. The van der Waals surface area contributed by atoms with Crippen LogP contribution in [0.1, 0.15) is 5.82 Å². The van der Waals surface area contributed by atoms with Gasteiger partial charge in [-0.15, -0.1) is 0 Å². The van der Waals surface area contributed by atoms with Crippen molar-refractivity contribution in [1.29, 1.82) is 0 Å². The minimum atomic E-state index is 0.601. The van der Waals surface area contributed by atoms with Gasteiger partial charge in [-0.1, -0.05) is 30.3 Å². The maximum atomic E-state index is 5.36. The molecule has 0 spiro atoms. The van der Waals surface area contributed by atoms with Crippen molar-refractivity contribution in [3.63, 3.8) is 0 Å². The molecule has 1 aliphatic heterocycles. The van der Waals surface area contributed by atoms with Gasteiger partial charge in [0.2, 0.25) is 0 Å². The molecule has 7 heteroatoms. The number of aliphatic imine (C=N–C) groups is 1. The second-order valence-electron chi connectivity index (χ2n) is 5.92. The predicted octanol–water partition coefficient (Wildman–Crippen LogP) is 1.07. The third-order valence-electron chi connectivity index (χ3n) is 4.18. The minimum absolute atomic E-state index is 0.601. The van der Waals surface area contributed by atoms with Crippen LogP contribution >= 0.6 is 0 Å². The molecule has 0 radical (unpaired) electrons. The Morgan fingerprint density at radius 3 is 2.80 bits per heavy atom. The van der Waals surface area contributed by atoms with Gasteiger partial charge in [0, 0.05) is 33.2 Å². The van der Waals surface area contributed by atoms with Crippen LogP contribution in [0.2, 0.25) is 0 Å². The molecule has 1 fully saturated rings. The van der Waals surface area contributed by atoms with E-state index in [2.05, 4.69) is 42.6 Å². The van der Waals surface area contributed by atoms with Crippen LogP contribution in [0.15, 0.2) is 41.5 Å². The van der Waals surface area contributed by atoms with E-state index in [1.165, 1.54) is 0 Å². The fourth-order valence-corrected chi connectivity index (χ4v) is 2.76. The summed E-state index contributed by atoms with van der Waals surface area (Å²) in [4.78, 5) is 14.4. The van der Waals surface area contributed by atoms with Crippen LogP contribution in [-0.2, 0) is 11.3 Å². The van der Waals surface area contributed by atoms with Gasteiger partial charge in [-0.2, -0.15) is 0 Å². The van der Waals surface area contributed by atoms with Crippen molar-refractivity contribution in [1.82, 2.24) is 25.5 Å². The van der Waals surface area contributed by atoms with Crippen LogP contribution in [0.4, 0.5) is 0 Å². The molecule has 2 heterocycles. The van der Waals surface area contributed by atoms with Gasteiger partial charge in [0.15, 0.2) is 5.96 Å². The second-order valence-corrected chi connectivity index (χ2v) is 5.92. The molecule has 0 bridgehead atoms. The number of H-pyrrole nitrogens is 1. The SMILES string of the molecule is CN=C(NCCN1CCOCC1)NCc1ncc(-c2ccccc2)[nH]1. The smallest absolute Gasteiger partial charge is 0.191 e. The average Bonchev–Trinajstić information content (AvgIpc) is 3.15. The molecule has 1 aromatic heterocycles. The summed E-state index contributed by atoms with van der Waals surface area (Å²) in [6.45, 7) is 6.11. The lowest BCUT2D eigenvalue weighted by molar-refractivity contribution is 0.0389. The van der Waals surface area contributed by atoms with Gasteiger partial charge >= 0.3 is 0 Å². The summed E-state index contributed by atoms with van der Waals surface area (Å²) >= 11 is 0. The highest BCUT2D eigenvalue weighted by Crippen LogP contribution is 2.15. The average molecular weight is 342 g/mol. The number of imidazole rings is 1. The van der Waals surface area contributed by atoms with Crippen LogP contribution in [0.5, 0.6) is 0 Å².